The van der Waals surface area contributed by atoms with Gasteiger partial charge in [0.2, 0.25) is 5.75 Å². The van der Waals surface area contributed by atoms with E-state index in [0.29, 0.717) is 12.8 Å². The Labute approximate surface area is 185 Å². The van der Waals surface area contributed by atoms with E-state index < -0.39 is 38.9 Å². The van der Waals surface area contributed by atoms with Crippen LogP contribution in [-0.4, -0.2) is 28.4 Å². The number of carboxylic acid groups (broad SMARTS) is 1. The first-order chi connectivity index (χ1) is 14.8. The van der Waals surface area contributed by atoms with Gasteiger partial charge in [-0.05, 0) is 42.7 Å². The maximum absolute atomic E-state index is 16.1. The molecule has 3 rings (SSSR count). The third kappa shape index (κ3) is 3.74. The number of nitrogens with zero attached hydrogens (tertiary/aromatic N) is 1. The Morgan fingerprint density at radius 2 is 1.56 bits per heavy atom. The highest BCUT2D eigenvalue weighted by Gasteiger charge is 2.48. The second kappa shape index (κ2) is 8.00. The third-order valence-electron chi connectivity index (χ3n) is 6.19. The molecule has 1 N–H and O–H groups in total. The lowest BCUT2D eigenvalue weighted by molar-refractivity contribution is -0.387. The van der Waals surface area contributed by atoms with Gasteiger partial charge in [-0.1, -0.05) is 39.8 Å². The Morgan fingerprint density at radius 3 is 2.03 bits per heavy atom. The first-order valence-corrected chi connectivity index (χ1v) is 10.4. The molecule has 0 bridgehead atoms. The van der Waals surface area contributed by atoms with Gasteiger partial charge < -0.3 is 9.84 Å². The number of halogens is 1. The number of nitro benzene ring substituents is 1. The van der Waals surface area contributed by atoms with Crippen molar-refractivity contribution in [3.05, 3.63) is 68.0 Å². The summed E-state index contributed by atoms with van der Waals surface area (Å²) < 4.78 is 21.7. The zero-order chi connectivity index (χ0) is 24.0. The normalized spacial score (nSPS) is 16.2. The van der Waals surface area contributed by atoms with E-state index in [9.17, 15) is 19.7 Å². The van der Waals surface area contributed by atoms with Crippen molar-refractivity contribution in [3.8, 4) is 5.75 Å². The molecule has 2 aromatic carbocycles. The van der Waals surface area contributed by atoms with E-state index in [1.807, 2.05) is 27.7 Å². The minimum Gasteiger partial charge on any atom is -0.487 e. The summed E-state index contributed by atoms with van der Waals surface area (Å²) in [6.07, 6.45) is 1.21. The van der Waals surface area contributed by atoms with Crippen molar-refractivity contribution in [3.63, 3.8) is 0 Å². The molecule has 8 heteroatoms. The molecule has 0 saturated heterocycles. The van der Waals surface area contributed by atoms with Gasteiger partial charge >= 0.3 is 11.7 Å². The molecule has 0 spiro atoms. The summed E-state index contributed by atoms with van der Waals surface area (Å²) in [6.45, 7) is 8.88. The summed E-state index contributed by atoms with van der Waals surface area (Å²) >= 11 is 0. The van der Waals surface area contributed by atoms with Gasteiger partial charge in [0.15, 0.2) is 5.78 Å². The molecule has 2 aromatic rings. The van der Waals surface area contributed by atoms with Crippen LogP contribution < -0.4 is 4.74 Å². The van der Waals surface area contributed by atoms with Gasteiger partial charge in [0.25, 0.3) is 0 Å². The molecular formula is C24H26FNO6. The van der Waals surface area contributed by atoms with Crippen molar-refractivity contribution in [1.82, 2.24) is 0 Å². The van der Waals surface area contributed by atoms with E-state index in [-0.39, 0.29) is 40.3 Å². The molecule has 170 valence electrons. The molecule has 0 heterocycles. The van der Waals surface area contributed by atoms with Crippen LogP contribution in [-0.2, 0) is 10.8 Å². The predicted octanol–water partition coefficient (Wildman–Crippen LogP) is 5.41. The van der Waals surface area contributed by atoms with Crippen LogP contribution in [0.2, 0.25) is 0 Å². The van der Waals surface area contributed by atoms with Gasteiger partial charge in [-0.2, -0.15) is 0 Å². The zero-order valence-corrected chi connectivity index (χ0v) is 18.7. The number of fused-ring (bicyclic) bond motifs is 1. The van der Waals surface area contributed by atoms with E-state index in [2.05, 4.69) is 0 Å². The predicted molar refractivity (Wildman–Crippen MR) is 116 cm³/mol. The number of rotatable bonds is 6. The third-order valence-corrected chi connectivity index (χ3v) is 6.19. The van der Waals surface area contributed by atoms with Crippen LogP contribution in [0.15, 0.2) is 24.3 Å². The van der Waals surface area contributed by atoms with Crippen molar-refractivity contribution in [1.29, 1.82) is 0 Å². The zero-order valence-electron chi connectivity index (χ0n) is 18.7. The number of nitro groups is 1. The van der Waals surface area contributed by atoms with Gasteiger partial charge in [0, 0.05) is 16.7 Å². The van der Waals surface area contributed by atoms with Crippen LogP contribution in [0.25, 0.3) is 0 Å². The van der Waals surface area contributed by atoms with E-state index in [1.54, 1.807) is 6.92 Å². The van der Waals surface area contributed by atoms with Gasteiger partial charge in [0.05, 0.1) is 17.1 Å². The molecule has 0 saturated carbocycles. The Balaban J connectivity index is 2.40. The summed E-state index contributed by atoms with van der Waals surface area (Å²) in [4.78, 5) is 36.1. The second-order valence-corrected chi connectivity index (χ2v) is 9.29. The first kappa shape index (κ1) is 23.4. The minimum atomic E-state index is -1.17. The van der Waals surface area contributed by atoms with Gasteiger partial charge in [-0.25, -0.2) is 9.18 Å². The lowest BCUT2D eigenvalue weighted by Crippen LogP contribution is -2.36. The number of carboxylic acids is 1. The molecule has 0 unspecified atom stereocenters. The number of hydrogen-bond acceptors (Lipinski definition) is 5. The van der Waals surface area contributed by atoms with Crippen LogP contribution >= 0.6 is 0 Å². The monoisotopic (exact) mass is 443 g/mol. The highest BCUT2D eigenvalue weighted by molar-refractivity contribution is 6.12. The number of ether oxygens (including phenoxy) is 1. The highest BCUT2D eigenvalue weighted by atomic mass is 19.1. The number of hydrogen-bond donors (Lipinski definition) is 1. The van der Waals surface area contributed by atoms with Gasteiger partial charge in [-0.15, -0.1) is 0 Å². The lowest BCUT2D eigenvalue weighted by atomic mass is 9.62. The molecule has 0 radical (unpaired) electrons. The average molecular weight is 443 g/mol. The fourth-order valence-corrected chi connectivity index (χ4v) is 4.42. The van der Waals surface area contributed by atoms with Crippen LogP contribution in [0.3, 0.4) is 0 Å². The smallest absolute Gasteiger partial charge is 0.335 e. The summed E-state index contributed by atoms with van der Waals surface area (Å²) in [5.41, 5.74) is -1.90. The van der Waals surface area contributed by atoms with E-state index in [0.717, 1.165) is 0 Å². The van der Waals surface area contributed by atoms with Crippen molar-refractivity contribution < 1.29 is 28.7 Å². The quantitative estimate of drug-likeness (QED) is 0.363. The molecule has 0 aliphatic heterocycles. The van der Waals surface area contributed by atoms with Gasteiger partial charge in [-0.3, -0.25) is 14.9 Å². The topological polar surface area (TPSA) is 107 Å². The Hall–Kier alpha value is -3.29. The molecule has 1 aliphatic rings. The summed E-state index contributed by atoms with van der Waals surface area (Å²) in [7, 11) is 0. The number of aromatic carboxylic acids is 1. The average Bonchev–Trinajstić information content (AvgIpc) is 2.70. The second-order valence-electron chi connectivity index (χ2n) is 9.29. The molecule has 7 nitrogen and oxygen atoms in total. The number of benzene rings is 2. The van der Waals surface area contributed by atoms with Crippen molar-refractivity contribution in [2.75, 3.05) is 6.61 Å². The number of ketones is 1. The standard InChI is InChI=1S/C24H26FNO6/c1-6-32-21-15(20(27)13-7-9-14(10-8-13)22(28)29)18(25)16-17(19(21)26(30)31)24(4,5)12-11-23(16,2)3/h7-10H,6,11-12H2,1-5H3,(H,28,29). The van der Waals surface area contributed by atoms with Crippen LogP contribution in [0.5, 0.6) is 5.75 Å². The first-order valence-electron chi connectivity index (χ1n) is 10.4. The van der Waals surface area contributed by atoms with Crippen molar-refractivity contribution in [2.45, 2.75) is 58.3 Å². The molecule has 0 amide bonds. The number of carbonyl (C=O) groups excluding carboxylic acids is 1. The van der Waals surface area contributed by atoms with Crippen LogP contribution in [0.1, 0.15) is 84.9 Å². The molecular weight excluding hydrogens is 417 g/mol. The van der Waals surface area contributed by atoms with E-state index in [1.165, 1.54) is 24.3 Å². The Bertz CT molecular complexity index is 1120. The molecule has 0 fully saturated rings. The Kier molecular flexibility index (Phi) is 5.84. The highest BCUT2D eigenvalue weighted by Crippen LogP contribution is 2.54. The fraction of sp³-hybridized carbons (Fsp3) is 0.417. The summed E-state index contributed by atoms with van der Waals surface area (Å²) in [5.74, 6) is -3.17. The maximum Gasteiger partial charge on any atom is 0.335 e. The molecule has 1 aliphatic carbocycles. The Morgan fingerprint density at radius 1 is 1.06 bits per heavy atom. The van der Waals surface area contributed by atoms with Crippen molar-refractivity contribution in [2.24, 2.45) is 0 Å². The molecule has 0 atom stereocenters. The minimum absolute atomic E-state index is 0.00111. The maximum atomic E-state index is 16.1. The van der Waals surface area contributed by atoms with Crippen LogP contribution in [0, 0.1) is 15.9 Å². The van der Waals surface area contributed by atoms with E-state index >= 15 is 4.39 Å². The SMILES string of the molecule is CCOc1c(C(=O)c2ccc(C(=O)O)cc2)c(F)c2c(c1[N+](=O)[O-])C(C)(C)CCC2(C)C. The largest absolute Gasteiger partial charge is 0.487 e. The molecule has 0 aromatic heterocycles. The lowest BCUT2D eigenvalue weighted by Gasteiger charge is -2.41. The number of carbonyl (C=O) groups is 2. The van der Waals surface area contributed by atoms with E-state index in [4.69, 9.17) is 9.84 Å². The van der Waals surface area contributed by atoms with Crippen molar-refractivity contribution >= 4 is 17.4 Å². The van der Waals surface area contributed by atoms with Crippen LogP contribution in [0.4, 0.5) is 10.1 Å². The molecule has 32 heavy (non-hydrogen) atoms. The fourth-order valence-electron chi connectivity index (χ4n) is 4.42. The van der Waals surface area contributed by atoms with Gasteiger partial charge in [0.1, 0.15) is 11.4 Å². The summed E-state index contributed by atoms with van der Waals surface area (Å²) in [6, 6.07) is 4.99. The summed E-state index contributed by atoms with van der Waals surface area (Å²) in [5, 5.41) is 21.3.